The van der Waals surface area contributed by atoms with Crippen molar-refractivity contribution in [1.82, 2.24) is 15.3 Å². The van der Waals surface area contributed by atoms with E-state index in [-0.39, 0.29) is 11.3 Å². The fourth-order valence-corrected chi connectivity index (χ4v) is 2.31. The third kappa shape index (κ3) is 2.85. The first kappa shape index (κ1) is 13.0. The van der Waals surface area contributed by atoms with Gasteiger partial charge in [-0.2, -0.15) is 0 Å². The number of amides is 1. The Labute approximate surface area is 107 Å². The summed E-state index contributed by atoms with van der Waals surface area (Å²) in [5.41, 5.74) is 0.267. The van der Waals surface area contributed by atoms with Crippen molar-refractivity contribution < 1.29 is 4.79 Å². The molecule has 1 aromatic rings. The van der Waals surface area contributed by atoms with Crippen LogP contribution in [0, 0.1) is 11.3 Å². The molecule has 1 aliphatic rings. The predicted molar refractivity (Wildman–Crippen MR) is 70.0 cm³/mol. The zero-order valence-electron chi connectivity index (χ0n) is 10.9. The van der Waals surface area contributed by atoms with Crippen LogP contribution in [0.15, 0.2) is 18.7 Å². The fraction of sp³-hybridized carbons (Fsp3) is 0.615. The number of aromatic nitrogens is 2. The Hall–Kier alpha value is -1.49. The van der Waals surface area contributed by atoms with Gasteiger partial charge in [0.15, 0.2) is 0 Å². The number of anilines is 1. The van der Waals surface area contributed by atoms with E-state index in [1.165, 1.54) is 6.33 Å². The van der Waals surface area contributed by atoms with Crippen molar-refractivity contribution in [3.8, 4) is 0 Å². The van der Waals surface area contributed by atoms with E-state index in [1.54, 1.807) is 12.4 Å². The second-order valence-corrected chi connectivity index (χ2v) is 5.35. The Balaban J connectivity index is 2.02. The third-order valence-electron chi connectivity index (χ3n) is 3.72. The molecule has 1 atom stereocenters. The minimum Gasteiger partial charge on any atom is -0.323 e. The lowest BCUT2D eigenvalue weighted by molar-refractivity contribution is -0.127. The highest BCUT2D eigenvalue weighted by molar-refractivity contribution is 5.94. The Morgan fingerprint density at radius 3 is 2.78 bits per heavy atom. The number of hydrogen-bond donors (Lipinski definition) is 2. The summed E-state index contributed by atoms with van der Waals surface area (Å²) >= 11 is 0. The molecule has 0 spiro atoms. The molecule has 98 valence electrons. The second-order valence-electron chi connectivity index (χ2n) is 5.35. The number of carbonyl (C=O) groups is 1. The summed E-state index contributed by atoms with van der Waals surface area (Å²) in [4.78, 5) is 20.1. The van der Waals surface area contributed by atoms with Crippen LogP contribution in [0.1, 0.15) is 26.7 Å². The molecule has 0 saturated carbocycles. The van der Waals surface area contributed by atoms with Crippen LogP contribution in [0.4, 0.5) is 5.69 Å². The largest absolute Gasteiger partial charge is 0.323 e. The van der Waals surface area contributed by atoms with Crippen LogP contribution in [-0.2, 0) is 4.79 Å². The van der Waals surface area contributed by atoms with Gasteiger partial charge in [-0.05, 0) is 31.8 Å². The smallest absolute Gasteiger partial charge is 0.230 e. The summed E-state index contributed by atoms with van der Waals surface area (Å²) in [7, 11) is 0. The lowest BCUT2D eigenvalue weighted by Gasteiger charge is -2.35. The number of nitrogens with zero attached hydrogens (tertiary/aromatic N) is 2. The van der Waals surface area contributed by atoms with Crippen LogP contribution >= 0.6 is 0 Å². The Kier molecular flexibility index (Phi) is 3.91. The highest BCUT2D eigenvalue weighted by Gasteiger charge is 2.37. The molecule has 2 heterocycles. The number of rotatable bonds is 3. The molecule has 1 saturated heterocycles. The van der Waals surface area contributed by atoms with Crippen LogP contribution < -0.4 is 10.6 Å². The van der Waals surface area contributed by atoms with Gasteiger partial charge in [-0.1, -0.05) is 13.8 Å². The first-order valence-corrected chi connectivity index (χ1v) is 6.38. The van der Waals surface area contributed by atoms with Gasteiger partial charge in [0, 0.05) is 5.41 Å². The van der Waals surface area contributed by atoms with Crippen molar-refractivity contribution in [3.63, 3.8) is 0 Å². The van der Waals surface area contributed by atoms with E-state index in [9.17, 15) is 4.79 Å². The SMILES string of the molecule is CC(C)(C(=O)Nc1cncnc1)C1CCCNC1. The summed E-state index contributed by atoms with van der Waals surface area (Å²) in [6, 6.07) is 0. The maximum atomic E-state index is 12.3. The summed E-state index contributed by atoms with van der Waals surface area (Å²) in [6.07, 6.45) is 6.90. The summed E-state index contributed by atoms with van der Waals surface area (Å²) < 4.78 is 0. The van der Waals surface area contributed by atoms with E-state index in [2.05, 4.69) is 20.6 Å². The molecule has 1 unspecified atom stereocenters. The van der Waals surface area contributed by atoms with E-state index in [4.69, 9.17) is 0 Å². The van der Waals surface area contributed by atoms with E-state index in [1.807, 2.05) is 13.8 Å². The molecule has 0 aromatic carbocycles. The molecule has 1 fully saturated rings. The lowest BCUT2D eigenvalue weighted by atomic mass is 9.74. The molecule has 5 heteroatoms. The van der Waals surface area contributed by atoms with Crippen molar-refractivity contribution in [3.05, 3.63) is 18.7 Å². The fourth-order valence-electron chi connectivity index (χ4n) is 2.31. The molecule has 2 rings (SSSR count). The van der Waals surface area contributed by atoms with E-state index < -0.39 is 0 Å². The molecular formula is C13H20N4O. The standard InChI is InChI=1S/C13H20N4O/c1-13(2,10-4-3-5-14-6-10)12(18)17-11-7-15-9-16-8-11/h7-10,14H,3-6H2,1-2H3,(H,17,18). The highest BCUT2D eigenvalue weighted by atomic mass is 16.2. The molecule has 0 aliphatic carbocycles. The Morgan fingerprint density at radius 1 is 1.44 bits per heavy atom. The van der Waals surface area contributed by atoms with Crippen molar-refractivity contribution in [2.45, 2.75) is 26.7 Å². The van der Waals surface area contributed by atoms with Crippen LogP contribution in [0.2, 0.25) is 0 Å². The van der Waals surface area contributed by atoms with Crippen LogP contribution in [0.3, 0.4) is 0 Å². The summed E-state index contributed by atoms with van der Waals surface area (Å²) in [5, 5.41) is 6.24. The lowest BCUT2D eigenvalue weighted by Crippen LogP contribution is -2.44. The topological polar surface area (TPSA) is 66.9 Å². The van der Waals surface area contributed by atoms with Crippen molar-refractivity contribution in [2.75, 3.05) is 18.4 Å². The predicted octanol–water partition coefficient (Wildman–Crippen LogP) is 1.44. The van der Waals surface area contributed by atoms with E-state index in [0.29, 0.717) is 11.6 Å². The molecular weight excluding hydrogens is 228 g/mol. The van der Waals surface area contributed by atoms with E-state index in [0.717, 1.165) is 25.9 Å². The first-order chi connectivity index (χ1) is 8.60. The van der Waals surface area contributed by atoms with Gasteiger partial charge in [0.05, 0.1) is 18.1 Å². The molecule has 1 amide bonds. The van der Waals surface area contributed by atoms with Crippen LogP contribution in [0.5, 0.6) is 0 Å². The van der Waals surface area contributed by atoms with Gasteiger partial charge in [0.1, 0.15) is 6.33 Å². The molecule has 2 N–H and O–H groups in total. The maximum absolute atomic E-state index is 12.3. The molecule has 18 heavy (non-hydrogen) atoms. The number of piperidine rings is 1. The van der Waals surface area contributed by atoms with Gasteiger partial charge in [-0.3, -0.25) is 4.79 Å². The van der Waals surface area contributed by atoms with Gasteiger partial charge in [0.25, 0.3) is 0 Å². The molecule has 0 bridgehead atoms. The molecule has 1 aromatic heterocycles. The number of hydrogen-bond acceptors (Lipinski definition) is 4. The first-order valence-electron chi connectivity index (χ1n) is 6.38. The van der Waals surface area contributed by atoms with Crippen molar-refractivity contribution in [1.29, 1.82) is 0 Å². The third-order valence-corrected chi connectivity index (χ3v) is 3.72. The molecule has 1 aliphatic heterocycles. The molecule has 0 radical (unpaired) electrons. The number of carbonyl (C=O) groups excluding carboxylic acids is 1. The Bertz CT molecular complexity index is 399. The summed E-state index contributed by atoms with van der Waals surface area (Å²) in [6.45, 7) is 5.97. The van der Waals surface area contributed by atoms with Gasteiger partial charge in [0.2, 0.25) is 5.91 Å². The Morgan fingerprint density at radius 2 is 2.17 bits per heavy atom. The van der Waals surface area contributed by atoms with E-state index >= 15 is 0 Å². The van der Waals surface area contributed by atoms with Crippen LogP contribution in [0.25, 0.3) is 0 Å². The van der Waals surface area contributed by atoms with Gasteiger partial charge in [-0.25, -0.2) is 9.97 Å². The average molecular weight is 248 g/mol. The highest BCUT2D eigenvalue weighted by Crippen LogP contribution is 2.32. The zero-order valence-corrected chi connectivity index (χ0v) is 10.9. The zero-order chi connectivity index (χ0) is 13.0. The number of nitrogens with one attached hydrogen (secondary N) is 2. The van der Waals surface area contributed by atoms with Gasteiger partial charge < -0.3 is 10.6 Å². The van der Waals surface area contributed by atoms with Crippen LogP contribution in [-0.4, -0.2) is 29.0 Å². The monoisotopic (exact) mass is 248 g/mol. The summed E-state index contributed by atoms with van der Waals surface area (Å²) in [5.74, 6) is 0.405. The molecule has 5 nitrogen and oxygen atoms in total. The van der Waals surface area contributed by atoms with Gasteiger partial charge >= 0.3 is 0 Å². The van der Waals surface area contributed by atoms with Gasteiger partial charge in [-0.15, -0.1) is 0 Å². The maximum Gasteiger partial charge on any atom is 0.230 e. The normalized spacial score (nSPS) is 20.4. The van der Waals surface area contributed by atoms with Crippen molar-refractivity contribution in [2.24, 2.45) is 11.3 Å². The van der Waals surface area contributed by atoms with Crippen molar-refractivity contribution >= 4 is 11.6 Å². The average Bonchev–Trinajstić information content (AvgIpc) is 2.41. The second kappa shape index (κ2) is 5.44. The minimum atomic E-state index is -0.386. The minimum absolute atomic E-state index is 0.0333. The quantitative estimate of drug-likeness (QED) is 0.849.